The molecule has 0 saturated carbocycles. The molecule has 23 heavy (non-hydrogen) atoms. The van der Waals surface area contributed by atoms with Crippen molar-refractivity contribution >= 4 is 5.69 Å². The van der Waals surface area contributed by atoms with Crippen molar-refractivity contribution in [2.75, 3.05) is 31.6 Å². The normalized spacial score (nSPS) is 18.9. The van der Waals surface area contributed by atoms with Crippen molar-refractivity contribution in [3.8, 4) is 5.75 Å². The van der Waals surface area contributed by atoms with Crippen molar-refractivity contribution in [3.05, 3.63) is 54.1 Å². The van der Waals surface area contributed by atoms with Gasteiger partial charge in [0.15, 0.2) is 0 Å². The number of hydrogen-bond acceptors (Lipinski definition) is 4. The molecule has 2 aromatic rings. The van der Waals surface area contributed by atoms with Gasteiger partial charge >= 0.3 is 0 Å². The van der Waals surface area contributed by atoms with Crippen LogP contribution in [0.25, 0.3) is 0 Å². The Kier molecular flexibility index (Phi) is 4.76. The molecule has 1 fully saturated rings. The fourth-order valence-corrected chi connectivity index (χ4v) is 2.98. The fourth-order valence-electron chi connectivity index (χ4n) is 2.98. The molecule has 0 aliphatic carbocycles. The maximum Gasteiger partial charge on any atom is 0.146 e. The van der Waals surface area contributed by atoms with Gasteiger partial charge in [-0.15, -0.1) is 0 Å². The number of benzene rings is 1. The van der Waals surface area contributed by atoms with Crippen LogP contribution in [0.15, 0.2) is 42.6 Å². The van der Waals surface area contributed by atoms with E-state index in [4.69, 9.17) is 4.74 Å². The molecule has 3 rings (SSSR count). The number of rotatable bonds is 4. The second-order valence-corrected chi connectivity index (χ2v) is 5.90. The zero-order valence-corrected chi connectivity index (χ0v) is 13.6. The predicted molar refractivity (Wildman–Crippen MR) is 89.3 cm³/mol. The summed E-state index contributed by atoms with van der Waals surface area (Å²) in [5.41, 5.74) is 1.72. The lowest BCUT2D eigenvalue weighted by Gasteiger charge is -2.40. The van der Waals surface area contributed by atoms with Crippen LogP contribution >= 0.6 is 0 Å². The van der Waals surface area contributed by atoms with Crippen molar-refractivity contribution in [3.63, 3.8) is 0 Å². The molecule has 2 heterocycles. The first-order valence-corrected chi connectivity index (χ1v) is 7.90. The van der Waals surface area contributed by atoms with E-state index in [1.807, 2.05) is 12.1 Å². The van der Waals surface area contributed by atoms with Crippen LogP contribution in [0.2, 0.25) is 0 Å². The summed E-state index contributed by atoms with van der Waals surface area (Å²) in [6.07, 6.45) is 1.65. The monoisotopic (exact) mass is 315 g/mol. The first kappa shape index (κ1) is 15.7. The molecular formula is C18H22FN3O. The number of pyridine rings is 1. The molecule has 5 heteroatoms. The number of nitrogens with zero attached hydrogens (tertiary/aromatic N) is 3. The summed E-state index contributed by atoms with van der Waals surface area (Å²) in [5, 5.41) is 0. The Balaban J connectivity index is 1.63. The van der Waals surface area contributed by atoms with Gasteiger partial charge in [0.25, 0.3) is 0 Å². The van der Waals surface area contributed by atoms with Gasteiger partial charge in [-0.3, -0.25) is 9.88 Å². The van der Waals surface area contributed by atoms with Gasteiger partial charge in [0.1, 0.15) is 11.6 Å². The molecule has 1 saturated heterocycles. The largest absolute Gasteiger partial charge is 0.497 e. The predicted octanol–water partition coefficient (Wildman–Crippen LogP) is 2.94. The van der Waals surface area contributed by atoms with Gasteiger partial charge in [0.2, 0.25) is 0 Å². The van der Waals surface area contributed by atoms with Gasteiger partial charge in [-0.1, -0.05) is 0 Å². The van der Waals surface area contributed by atoms with Crippen molar-refractivity contribution in [2.45, 2.75) is 19.5 Å². The molecule has 1 aromatic heterocycles. The standard InChI is InChI=1S/C18H22FN3O/c1-14-12-22(15-5-7-16(23-2)8-6-15)11-10-21(14)13-18-17(19)4-3-9-20-18/h3-9,14H,10-13H2,1-2H3/t14-/m1/s1. The minimum absolute atomic E-state index is 0.225. The van der Waals surface area contributed by atoms with Crippen LogP contribution < -0.4 is 9.64 Å². The van der Waals surface area contributed by atoms with Crippen LogP contribution in [0.4, 0.5) is 10.1 Å². The van der Waals surface area contributed by atoms with Crippen LogP contribution in [0.3, 0.4) is 0 Å². The third kappa shape index (κ3) is 3.62. The van der Waals surface area contributed by atoms with Gasteiger partial charge in [0, 0.05) is 44.1 Å². The number of anilines is 1. The highest BCUT2D eigenvalue weighted by Crippen LogP contribution is 2.23. The average molecular weight is 315 g/mol. The minimum Gasteiger partial charge on any atom is -0.497 e. The number of ether oxygens (including phenoxy) is 1. The smallest absolute Gasteiger partial charge is 0.146 e. The molecule has 4 nitrogen and oxygen atoms in total. The third-order valence-corrected chi connectivity index (χ3v) is 4.39. The summed E-state index contributed by atoms with van der Waals surface area (Å²) in [6.45, 7) is 5.47. The SMILES string of the molecule is COc1ccc(N2CCN(Cc3ncccc3F)[C@H](C)C2)cc1. The van der Waals surface area contributed by atoms with Gasteiger partial charge in [-0.2, -0.15) is 0 Å². The molecule has 1 aromatic carbocycles. The van der Waals surface area contributed by atoms with Gasteiger partial charge in [-0.05, 0) is 43.3 Å². The zero-order chi connectivity index (χ0) is 16.2. The number of halogens is 1. The lowest BCUT2D eigenvalue weighted by atomic mass is 10.1. The van der Waals surface area contributed by atoms with Gasteiger partial charge in [0.05, 0.1) is 12.8 Å². The van der Waals surface area contributed by atoms with E-state index in [1.54, 1.807) is 19.4 Å². The van der Waals surface area contributed by atoms with Crippen LogP contribution in [-0.4, -0.2) is 42.7 Å². The molecule has 0 spiro atoms. The molecule has 0 bridgehead atoms. The number of aromatic nitrogens is 1. The quantitative estimate of drug-likeness (QED) is 0.867. The van der Waals surface area contributed by atoms with Crippen molar-refractivity contribution in [1.82, 2.24) is 9.88 Å². The summed E-state index contributed by atoms with van der Waals surface area (Å²) < 4.78 is 19.0. The lowest BCUT2D eigenvalue weighted by Crippen LogP contribution is -2.51. The van der Waals surface area contributed by atoms with Crippen LogP contribution in [0, 0.1) is 5.82 Å². The molecular weight excluding hydrogens is 293 g/mol. The van der Waals surface area contributed by atoms with Crippen molar-refractivity contribution < 1.29 is 9.13 Å². The van der Waals surface area contributed by atoms with E-state index in [0.717, 1.165) is 25.4 Å². The summed E-state index contributed by atoms with van der Waals surface area (Å²) in [4.78, 5) is 8.80. The molecule has 1 aliphatic rings. The average Bonchev–Trinajstić information content (AvgIpc) is 2.58. The van der Waals surface area contributed by atoms with E-state index >= 15 is 0 Å². The van der Waals surface area contributed by atoms with E-state index in [2.05, 4.69) is 33.8 Å². The van der Waals surface area contributed by atoms with Gasteiger partial charge in [-0.25, -0.2) is 4.39 Å². The topological polar surface area (TPSA) is 28.6 Å². The zero-order valence-electron chi connectivity index (χ0n) is 13.6. The van der Waals surface area contributed by atoms with Crippen molar-refractivity contribution in [2.24, 2.45) is 0 Å². The summed E-state index contributed by atoms with van der Waals surface area (Å²) >= 11 is 0. The highest BCUT2D eigenvalue weighted by atomic mass is 19.1. The maximum absolute atomic E-state index is 13.8. The Labute approximate surface area is 136 Å². The molecule has 0 unspecified atom stereocenters. The van der Waals surface area contributed by atoms with E-state index in [0.29, 0.717) is 18.3 Å². The molecule has 1 atom stereocenters. The number of hydrogen-bond donors (Lipinski definition) is 0. The molecule has 0 N–H and O–H groups in total. The third-order valence-electron chi connectivity index (χ3n) is 4.39. The summed E-state index contributed by atoms with van der Waals surface area (Å²) in [6, 6.07) is 11.6. The van der Waals surface area contributed by atoms with Crippen LogP contribution in [-0.2, 0) is 6.54 Å². The second kappa shape index (κ2) is 6.96. The van der Waals surface area contributed by atoms with E-state index in [-0.39, 0.29) is 5.82 Å². The molecule has 1 aliphatic heterocycles. The lowest BCUT2D eigenvalue weighted by molar-refractivity contribution is 0.176. The summed E-state index contributed by atoms with van der Waals surface area (Å²) in [5.74, 6) is 0.642. The fraction of sp³-hybridized carbons (Fsp3) is 0.389. The molecule has 122 valence electrons. The Hall–Kier alpha value is -2.14. The molecule has 0 amide bonds. The highest BCUT2D eigenvalue weighted by molar-refractivity contribution is 5.49. The van der Waals surface area contributed by atoms with Gasteiger partial charge < -0.3 is 9.64 Å². The van der Waals surface area contributed by atoms with Crippen LogP contribution in [0.5, 0.6) is 5.75 Å². The number of piperazine rings is 1. The van der Waals surface area contributed by atoms with Crippen LogP contribution in [0.1, 0.15) is 12.6 Å². The Bertz CT molecular complexity index is 647. The van der Waals surface area contributed by atoms with E-state index < -0.39 is 0 Å². The highest BCUT2D eigenvalue weighted by Gasteiger charge is 2.24. The first-order valence-electron chi connectivity index (χ1n) is 7.90. The van der Waals surface area contributed by atoms with E-state index in [1.165, 1.54) is 11.8 Å². The Morgan fingerprint density at radius 3 is 2.65 bits per heavy atom. The van der Waals surface area contributed by atoms with Crippen molar-refractivity contribution in [1.29, 1.82) is 0 Å². The Morgan fingerprint density at radius 2 is 2.00 bits per heavy atom. The maximum atomic E-state index is 13.8. The van der Waals surface area contributed by atoms with E-state index in [9.17, 15) is 4.39 Å². The summed E-state index contributed by atoms with van der Waals surface area (Å²) in [7, 11) is 1.67. The number of methoxy groups -OCH3 is 1. The second-order valence-electron chi connectivity index (χ2n) is 5.90. The Morgan fingerprint density at radius 1 is 1.22 bits per heavy atom. The first-order chi connectivity index (χ1) is 11.2. The molecule has 0 radical (unpaired) electrons. The minimum atomic E-state index is -0.225.